The van der Waals surface area contributed by atoms with Gasteiger partial charge in [-0.25, -0.2) is 24.3 Å². The molecule has 2 aromatic heterocycles. The third kappa shape index (κ3) is 2.43. The van der Waals surface area contributed by atoms with Gasteiger partial charge in [0.25, 0.3) is 5.91 Å². The van der Waals surface area contributed by atoms with Crippen molar-refractivity contribution < 1.29 is 13.6 Å². The summed E-state index contributed by atoms with van der Waals surface area (Å²) in [5.41, 5.74) is 2.13. The lowest BCUT2D eigenvalue weighted by molar-refractivity contribution is 0.0821. The largest absolute Gasteiger partial charge is 0.343 e. The number of nitrogens with one attached hydrogen (secondary N) is 1. The molecule has 0 fully saturated rings. The van der Waals surface area contributed by atoms with Gasteiger partial charge in [0.2, 0.25) is 0 Å². The number of carbonyl (C=O) groups is 1. The Balaban J connectivity index is 2.45. The number of nitrogen functional groups attached to an aromatic ring is 1. The van der Waals surface area contributed by atoms with Gasteiger partial charge in [-0.1, -0.05) is 0 Å². The standard InChI is InChI=1S/C11H12F2N6O/c1-18(2)11(20)8-3-4-19(17-8)10-7(13)5-6(12)9(15-10)16-14/h3-5H,14H2,1-2H3,(H,15,16). The zero-order valence-electron chi connectivity index (χ0n) is 10.8. The molecule has 0 aliphatic carbocycles. The second-order valence-corrected chi connectivity index (χ2v) is 4.11. The van der Waals surface area contributed by atoms with Gasteiger partial charge in [-0.2, -0.15) is 5.10 Å². The highest BCUT2D eigenvalue weighted by molar-refractivity contribution is 5.91. The van der Waals surface area contributed by atoms with Crippen molar-refractivity contribution in [3.8, 4) is 5.82 Å². The first-order chi connectivity index (χ1) is 9.43. The van der Waals surface area contributed by atoms with Gasteiger partial charge >= 0.3 is 0 Å². The first kappa shape index (κ1) is 13.9. The van der Waals surface area contributed by atoms with Crippen molar-refractivity contribution in [3.63, 3.8) is 0 Å². The van der Waals surface area contributed by atoms with E-state index in [2.05, 4.69) is 10.1 Å². The van der Waals surface area contributed by atoms with E-state index >= 15 is 0 Å². The van der Waals surface area contributed by atoms with Gasteiger partial charge in [-0.15, -0.1) is 0 Å². The van der Waals surface area contributed by atoms with Crippen LogP contribution < -0.4 is 11.3 Å². The first-order valence-corrected chi connectivity index (χ1v) is 5.54. The van der Waals surface area contributed by atoms with E-state index in [-0.39, 0.29) is 23.2 Å². The van der Waals surface area contributed by atoms with Gasteiger partial charge in [0.15, 0.2) is 29.0 Å². The van der Waals surface area contributed by atoms with E-state index in [1.54, 1.807) is 14.1 Å². The fourth-order valence-corrected chi connectivity index (χ4v) is 1.50. The highest BCUT2D eigenvalue weighted by Gasteiger charge is 2.16. The van der Waals surface area contributed by atoms with E-state index in [4.69, 9.17) is 5.84 Å². The van der Waals surface area contributed by atoms with Crippen LogP contribution in [0.2, 0.25) is 0 Å². The molecule has 0 bridgehead atoms. The maximum Gasteiger partial charge on any atom is 0.273 e. The molecule has 0 atom stereocenters. The number of nitrogens with zero attached hydrogens (tertiary/aromatic N) is 4. The summed E-state index contributed by atoms with van der Waals surface area (Å²) < 4.78 is 28.0. The van der Waals surface area contributed by atoms with Crippen molar-refractivity contribution >= 4 is 11.7 Å². The van der Waals surface area contributed by atoms with Gasteiger partial charge in [0, 0.05) is 26.4 Å². The van der Waals surface area contributed by atoms with Crippen molar-refractivity contribution in [2.24, 2.45) is 5.84 Å². The van der Waals surface area contributed by atoms with Crippen molar-refractivity contribution in [3.05, 3.63) is 35.7 Å². The number of hydrazine groups is 1. The number of amides is 1. The lowest BCUT2D eigenvalue weighted by Crippen LogP contribution is -2.22. The second kappa shape index (κ2) is 5.21. The minimum Gasteiger partial charge on any atom is -0.343 e. The molecule has 1 amide bonds. The Morgan fingerprint density at radius 2 is 2.10 bits per heavy atom. The summed E-state index contributed by atoms with van der Waals surface area (Å²) in [6, 6.07) is 2.04. The van der Waals surface area contributed by atoms with Crippen molar-refractivity contribution in [2.45, 2.75) is 0 Å². The molecule has 0 radical (unpaired) electrons. The summed E-state index contributed by atoms with van der Waals surface area (Å²) in [5.74, 6) is 2.29. The molecule has 0 unspecified atom stereocenters. The van der Waals surface area contributed by atoms with Crippen LogP contribution in [0.4, 0.5) is 14.6 Å². The molecule has 0 saturated carbocycles. The molecule has 0 spiro atoms. The summed E-state index contributed by atoms with van der Waals surface area (Å²) in [6.07, 6.45) is 1.35. The fourth-order valence-electron chi connectivity index (χ4n) is 1.50. The number of hydrogen-bond donors (Lipinski definition) is 2. The van der Waals surface area contributed by atoms with Crippen molar-refractivity contribution in [1.29, 1.82) is 0 Å². The molecule has 0 aromatic carbocycles. The number of anilines is 1. The number of rotatable bonds is 3. The number of pyridine rings is 1. The zero-order valence-corrected chi connectivity index (χ0v) is 10.8. The average molecular weight is 282 g/mol. The van der Waals surface area contributed by atoms with Crippen LogP contribution in [-0.2, 0) is 0 Å². The third-order valence-corrected chi connectivity index (χ3v) is 2.48. The molecule has 7 nitrogen and oxygen atoms in total. The Kier molecular flexibility index (Phi) is 3.61. The van der Waals surface area contributed by atoms with Gasteiger partial charge in [-0.3, -0.25) is 4.79 Å². The van der Waals surface area contributed by atoms with Crippen LogP contribution in [0.5, 0.6) is 0 Å². The number of nitrogens with two attached hydrogens (primary N) is 1. The second-order valence-electron chi connectivity index (χ2n) is 4.11. The van der Waals surface area contributed by atoms with E-state index in [1.165, 1.54) is 17.2 Å². The predicted molar refractivity (Wildman–Crippen MR) is 67.1 cm³/mol. The number of aromatic nitrogens is 3. The van der Waals surface area contributed by atoms with Crippen LogP contribution in [0.25, 0.3) is 5.82 Å². The maximum atomic E-state index is 13.7. The molecule has 0 aliphatic rings. The Labute approximate surface area is 113 Å². The summed E-state index contributed by atoms with van der Waals surface area (Å²) in [5, 5.41) is 3.90. The van der Waals surface area contributed by atoms with Crippen LogP contribution in [0, 0.1) is 11.6 Å². The highest BCUT2D eigenvalue weighted by atomic mass is 19.1. The summed E-state index contributed by atoms with van der Waals surface area (Å²) in [4.78, 5) is 16.7. The Morgan fingerprint density at radius 1 is 1.40 bits per heavy atom. The van der Waals surface area contributed by atoms with Crippen LogP contribution in [-0.4, -0.2) is 39.7 Å². The Morgan fingerprint density at radius 3 is 2.70 bits per heavy atom. The quantitative estimate of drug-likeness (QED) is 0.633. The maximum absolute atomic E-state index is 13.7. The van der Waals surface area contributed by atoms with Crippen LogP contribution in [0.1, 0.15) is 10.5 Å². The van der Waals surface area contributed by atoms with Crippen LogP contribution >= 0.6 is 0 Å². The third-order valence-electron chi connectivity index (χ3n) is 2.48. The molecule has 2 heterocycles. The monoisotopic (exact) mass is 282 g/mol. The minimum absolute atomic E-state index is 0.114. The molecule has 2 rings (SSSR count). The summed E-state index contributed by atoms with van der Waals surface area (Å²) in [6.45, 7) is 0. The smallest absolute Gasteiger partial charge is 0.273 e. The molecule has 106 valence electrons. The highest BCUT2D eigenvalue weighted by Crippen LogP contribution is 2.17. The summed E-state index contributed by atoms with van der Waals surface area (Å²) >= 11 is 0. The fraction of sp³-hybridized carbons (Fsp3) is 0.182. The molecular formula is C11H12F2N6O. The van der Waals surface area contributed by atoms with E-state index in [9.17, 15) is 13.6 Å². The van der Waals surface area contributed by atoms with Gasteiger partial charge in [-0.05, 0) is 6.07 Å². The predicted octanol–water partition coefficient (Wildman–Crippen LogP) is 0.533. The van der Waals surface area contributed by atoms with Crippen molar-refractivity contribution in [2.75, 3.05) is 19.5 Å². The SMILES string of the molecule is CN(C)C(=O)c1ccn(-c2nc(NN)c(F)cc2F)n1. The van der Waals surface area contributed by atoms with Gasteiger partial charge < -0.3 is 10.3 Å². The van der Waals surface area contributed by atoms with Crippen molar-refractivity contribution in [1.82, 2.24) is 19.7 Å². The minimum atomic E-state index is -0.925. The topological polar surface area (TPSA) is 89.1 Å². The van der Waals surface area contributed by atoms with E-state index < -0.39 is 11.6 Å². The molecule has 0 aliphatic heterocycles. The number of carbonyl (C=O) groups excluding carboxylic acids is 1. The number of hydrogen-bond acceptors (Lipinski definition) is 5. The average Bonchev–Trinajstić information content (AvgIpc) is 2.87. The zero-order chi connectivity index (χ0) is 14.9. The molecular weight excluding hydrogens is 270 g/mol. The first-order valence-electron chi connectivity index (χ1n) is 5.54. The van der Waals surface area contributed by atoms with E-state index in [0.717, 1.165) is 4.68 Å². The molecule has 20 heavy (non-hydrogen) atoms. The van der Waals surface area contributed by atoms with Gasteiger partial charge in [0.05, 0.1) is 0 Å². The van der Waals surface area contributed by atoms with E-state index in [1.807, 2.05) is 5.43 Å². The lowest BCUT2D eigenvalue weighted by Gasteiger charge is -2.08. The van der Waals surface area contributed by atoms with E-state index in [0.29, 0.717) is 6.07 Å². The number of halogens is 2. The Hall–Kier alpha value is -2.55. The lowest BCUT2D eigenvalue weighted by atomic mass is 10.4. The van der Waals surface area contributed by atoms with Crippen LogP contribution in [0.15, 0.2) is 18.3 Å². The summed E-state index contributed by atoms with van der Waals surface area (Å²) in [7, 11) is 3.13. The van der Waals surface area contributed by atoms with Gasteiger partial charge in [0.1, 0.15) is 0 Å². The molecule has 9 heteroatoms. The van der Waals surface area contributed by atoms with Crippen LogP contribution in [0.3, 0.4) is 0 Å². The molecule has 2 aromatic rings. The normalized spacial score (nSPS) is 10.4. The Bertz CT molecular complexity index is 654. The molecule has 3 N–H and O–H groups in total. The molecule has 0 saturated heterocycles.